The van der Waals surface area contributed by atoms with E-state index < -0.39 is 0 Å². The summed E-state index contributed by atoms with van der Waals surface area (Å²) in [6.07, 6.45) is 2.08. The van der Waals surface area contributed by atoms with Gasteiger partial charge in [0.25, 0.3) is 0 Å². The molecule has 0 fully saturated rings. The number of rotatable bonds is 3. The number of nitrogens with zero attached hydrogens (tertiary/aromatic N) is 2. The first-order chi connectivity index (χ1) is 8.29. The molecule has 1 unspecified atom stereocenters. The van der Waals surface area contributed by atoms with Crippen molar-refractivity contribution in [2.24, 2.45) is 0 Å². The second-order valence-electron chi connectivity index (χ2n) is 4.51. The van der Waals surface area contributed by atoms with Crippen LogP contribution in [0.5, 0.6) is 0 Å². The summed E-state index contributed by atoms with van der Waals surface area (Å²) in [7, 11) is 0. The molecule has 1 aliphatic carbocycles. The zero-order chi connectivity index (χ0) is 11.8. The van der Waals surface area contributed by atoms with Crippen molar-refractivity contribution in [2.75, 3.05) is 0 Å². The Kier molecular flexibility index (Phi) is 2.59. The van der Waals surface area contributed by atoms with Crippen molar-refractivity contribution in [3.05, 3.63) is 46.0 Å². The lowest BCUT2D eigenvalue weighted by Crippen LogP contribution is -2.22. The van der Waals surface area contributed by atoms with Crippen LogP contribution in [0.25, 0.3) is 0 Å². The monoisotopic (exact) mass is 245 g/mol. The van der Waals surface area contributed by atoms with E-state index in [1.54, 1.807) is 0 Å². The highest BCUT2D eigenvalue weighted by atomic mass is 32.1. The Bertz CT molecular complexity index is 597. The molecule has 0 amide bonds. The third kappa shape index (κ3) is 1.72. The van der Waals surface area contributed by atoms with Gasteiger partial charge in [-0.15, -0.1) is 0 Å². The van der Waals surface area contributed by atoms with Gasteiger partial charge in [-0.25, -0.2) is 0 Å². The molecule has 0 bridgehead atoms. The molecule has 1 atom stereocenters. The molecule has 3 rings (SSSR count). The molecular formula is C13H15N3S. The number of aromatic nitrogens is 3. The first-order valence-corrected chi connectivity index (χ1v) is 6.42. The highest BCUT2D eigenvalue weighted by Gasteiger charge is 2.26. The molecule has 1 aliphatic rings. The van der Waals surface area contributed by atoms with Crippen LogP contribution in [0, 0.1) is 4.77 Å². The molecule has 3 nitrogen and oxygen atoms in total. The summed E-state index contributed by atoms with van der Waals surface area (Å²) in [4.78, 5) is 0. The van der Waals surface area contributed by atoms with E-state index in [1.807, 2.05) is 0 Å². The molecule has 0 radical (unpaired) electrons. The number of benzene rings is 1. The van der Waals surface area contributed by atoms with Crippen LogP contribution in [-0.2, 0) is 19.4 Å². The van der Waals surface area contributed by atoms with Crippen molar-refractivity contribution in [3.63, 3.8) is 0 Å². The quantitative estimate of drug-likeness (QED) is 0.844. The second kappa shape index (κ2) is 4.11. The SMILES string of the molecule is CCc1n[nH]c(=S)n1CC1Cc2ccccc21. The van der Waals surface area contributed by atoms with Gasteiger partial charge in [0, 0.05) is 18.9 Å². The predicted molar refractivity (Wildman–Crippen MR) is 69.7 cm³/mol. The first kappa shape index (κ1) is 10.7. The molecule has 1 aromatic carbocycles. The minimum Gasteiger partial charge on any atom is -0.304 e. The van der Waals surface area contributed by atoms with Crippen molar-refractivity contribution < 1.29 is 0 Å². The number of fused-ring (bicyclic) bond motifs is 1. The van der Waals surface area contributed by atoms with E-state index in [0.29, 0.717) is 5.92 Å². The Hall–Kier alpha value is -1.42. The maximum absolute atomic E-state index is 5.27. The smallest absolute Gasteiger partial charge is 0.195 e. The third-order valence-corrected chi connectivity index (χ3v) is 3.83. The van der Waals surface area contributed by atoms with Gasteiger partial charge in [0.15, 0.2) is 4.77 Å². The molecule has 0 aliphatic heterocycles. The van der Waals surface area contributed by atoms with E-state index in [1.165, 1.54) is 11.1 Å². The zero-order valence-electron chi connectivity index (χ0n) is 9.81. The average Bonchev–Trinajstić information content (AvgIpc) is 2.67. The van der Waals surface area contributed by atoms with Crippen molar-refractivity contribution in [2.45, 2.75) is 32.2 Å². The van der Waals surface area contributed by atoms with Crippen LogP contribution in [0.2, 0.25) is 0 Å². The number of nitrogens with one attached hydrogen (secondary N) is 1. The number of aryl methyl sites for hydroxylation is 1. The first-order valence-electron chi connectivity index (χ1n) is 6.01. The van der Waals surface area contributed by atoms with Gasteiger partial charge < -0.3 is 4.57 Å². The van der Waals surface area contributed by atoms with E-state index >= 15 is 0 Å². The van der Waals surface area contributed by atoms with Gasteiger partial charge in [-0.3, -0.25) is 5.10 Å². The number of H-pyrrole nitrogens is 1. The Morgan fingerprint density at radius 2 is 2.29 bits per heavy atom. The second-order valence-corrected chi connectivity index (χ2v) is 4.90. The summed E-state index contributed by atoms with van der Waals surface area (Å²) in [5.41, 5.74) is 2.95. The van der Waals surface area contributed by atoms with Gasteiger partial charge in [-0.1, -0.05) is 31.2 Å². The average molecular weight is 245 g/mol. The standard InChI is InChI=1S/C13H15N3S/c1-2-12-14-15-13(17)16(12)8-10-7-9-5-3-4-6-11(9)10/h3-6,10H,2,7-8H2,1H3,(H,15,17). The lowest BCUT2D eigenvalue weighted by molar-refractivity contribution is 0.493. The lowest BCUT2D eigenvalue weighted by Gasteiger charge is -2.30. The summed E-state index contributed by atoms with van der Waals surface area (Å²) in [6.45, 7) is 3.06. The van der Waals surface area contributed by atoms with Crippen molar-refractivity contribution in [1.82, 2.24) is 14.8 Å². The van der Waals surface area contributed by atoms with E-state index in [-0.39, 0.29) is 0 Å². The Morgan fingerprint density at radius 1 is 1.47 bits per heavy atom. The minimum atomic E-state index is 0.598. The summed E-state index contributed by atoms with van der Waals surface area (Å²) in [6, 6.07) is 8.65. The molecule has 1 heterocycles. The normalized spacial score (nSPS) is 17.6. The summed E-state index contributed by atoms with van der Waals surface area (Å²) < 4.78 is 2.88. The van der Waals surface area contributed by atoms with E-state index in [2.05, 4.69) is 46.0 Å². The van der Waals surface area contributed by atoms with Crippen LogP contribution in [0.4, 0.5) is 0 Å². The molecule has 0 spiro atoms. The fourth-order valence-corrected chi connectivity index (χ4v) is 2.78. The topological polar surface area (TPSA) is 33.6 Å². The highest BCUT2D eigenvalue weighted by Crippen LogP contribution is 2.36. The van der Waals surface area contributed by atoms with Crippen molar-refractivity contribution in [3.8, 4) is 0 Å². The van der Waals surface area contributed by atoms with Crippen molar-refractivity contribution >= 4 is 12.2 Å². The third-order valence-electron chi connectivity index (χ3n) is 3.52. The van der Waals surface area contributed by atoms with E-state index in [0.717, 1.165) is 30.0 Å². The summed E-state index contributed by atoms with van der Waals surface area (Å²) >= 11 is 5.27. The zero-order valence-corrected chi connectivity index (χ0v) is 10.6. The Morgan fingerprint density at radius 3 is 3.06 bits per heavy atom. The van der Waals surface area contributed by atoms with Gasteiger partial charge in [0.05, 0.1) is 0 Å². The molecule has 17 heavy (non-hydrogen) atoms. The van der Waals surface area contributed by atoms with Crippen molar-refractivity contribution in [1.29, 1.82) is 0 Å². The Balaban J connectivity index is 1.86. The number of aromatic amines is 1. The molecule has 0 saturated carbocycles. The minimum absolute atomic E-state index is 0.598. The van der Waals surface area contributed by atoms with Crippen LogP contribution in [-0.4, -0.2) is 14.8 Å². The maximum Gasteiger partial charge on any atom is 0.195 e. The molecule has 1 N–H and O–H groups in total. The van der Waals surface area contributed by atoms with Crippen LogP contribution >= 0.6 is 12.2 Å². The van der Waals surface area contributed by atoms with E-state index in [9.17, 15) is 0 Å². The molecule has 1 aromatic heterocycles. The van der Waals surface area contributed by atoms with E-state index in [4.69, 9.17) is 12.2 Å². The maximum atomic E-state index is 5.27. The molecule has 88 valence electrons. The summed E-state index contributed by atoms with van der Waals surface area (Å²) in [5, 5.41) is 7.13. The lowest BCUT2D eigenvalue weighted by atomic mass is 9.77. The van der Waals surface area contributed by atoms with Gasteiger partial charge in [0.1, 0.15) is 5.82 Å². The van der Waals surface area contributed by atoms with Crippen LogP contribution in [0.3, 0.4) is 0 Å². The van der Waals surface area contributed by atoms with Crippen LogP contribution in [0.1, 0.15) is 29.8 Å². The number of hydrogen-bond acceptors (Lipinski definition) is 2. The van der Waals surface area contributed by atoms with Gasteiger partial charge in [-0.05, 0) is 29.8 Å². The molecule has 4 heteroatoms. The fourth-order valence-electron chi connectivity index (χ4n) is 2.55. The van der Waals surface area contributed by atoms with Gasteiger partial charge in [-0.2, -0.15) is 5.10 Å². The van der Waals surface area contributed by atoms with Gasteiger partial charge >= 0.3 is 0 Å². The highest BCUT2D eigenvalue weighted by molar-refractivity contribution is 7.71. The Labute approximate surface area is 105 Å². The summed E-state index contributed by atoms with van der Waals surface area (Å²) in [5.74, 6) is 1.65. The van der Waals surface area contributed by atoms with Crippen LogP contribution < -0.4 is 0 Å². The fraction of sp³-hybridized carbons (Fsp3) is 0.385. The molecule has 0 saturated heterocycles. The number of hydrogen-bond donors (Lipinski definition) is 1. The molecule has 2 aromatic rings. The molecular weight excluding hydrogens is 230 g/mol. The van der Waals surface area contributed by atoms with Gasteiger partial charge in [0.2, 0.25) is 0 Å². The van der Waals surface area contributed by atoms with Crippen LogP contribution in [0.15, 0.2) is 24.3 Å². The largest absolute Gasteiger partial charge is 0.304 e. The predicted octanol–water partition coefficient (Wildman–Crippen LogP) is 2.84.